The zero-order valence-corrected chi connectivity index (χ0v) is 20.2. The highest BCUT2D eigenvalue weighted by molar-refractivity contribution is 5.95. The lowest BCUT2D eigenvalue weighted by Crippen LogP contribution is -2.56. The van der Waals surface area contributed by atoms with E-state index in [4.69, 9.17) is 22.3 Å². The minimum atomic E-state index is -1.59. The van der Waals surface area contributed by atoms with Crippen LogP contribution in [0.25, 0.3) is 10.9 Å². The molecular weight excluding hydrogens is 486 g/mol. The van der Waals surface area contributed by atoms with Gasteiger partial charge in [-0.25, -0.2) is 4.79 Å². The molecular formula is C23H31N7O7. The van der Waals surface area contributed by atoms with E-state index in [2.05, 4.69) is 20.9 Å². The number of nitrogens with one attached hydrogen (secondary N) is 4. The van der Waals surface area contributed by atoms with E-state index in [0.717, 1.165) is 16.5 Å². The van der Waals surface area contributed by atoms with E-state index >= 15 is 0 Å². The highest BCUT2D eigenvalue weighted by Crippen LogP contribution is 2.18. The average molecular weight is 518 g/mol. The molecule has 0 radical (unpaired) electrons. The number of fused-ring (bicyclic) bond motifs is 1. The maximum absolute atomic E-state index is 12.8. The smallest absolute Gasteiger partial charge is 0.326 e. The van der Waals surface area contributed by atoms with Gasteiger partial charge in [-0.15, -0.1) is 0 Å². The van der Waals surface area contributed by atoms with Gasteiger partial charge in [0.05, 0.1) is 12.5 Å². The van der Waals surface area contributed by atoms with Crippen molar-refractivity contribution in [2.45, 2.75) is 56.8 Å². The quantitative estimate of drug-likeness (QED) is 0.135. The number of carboxylic acids is 1. The summed E-state index contributed by atoms with van der Waals surface area (Å²) in [6.07, 6.45) is 0.845. The fourth-order valence-corrected chi connectivity index (χ4v) is 3.54. The molecule has 1 aromatic heterocycles. The first kappa shape index (κ1) is 28.8. The Labute approximate surface area is 211 Å². The van der Waals surface area contributed by atoms with E-state index in [1.165, 1.54) is 6.92 Å². The van der Waals surface area contributed by atoms with E-state index in [9.17, 15) is 28.8 Å². The van der Waals surface area contributed by atoms with Gasteiger partial charge in [0.2, 0.25) is 29.5 Å². The minimum Gasteiger partial charge on any atom is -0.480 e. The van der Waals surface area contributed by atoms with Crippen molar-refractivity contribution in [3.8, 4) is 0 Å². The molecule has 5 amide bonds. The number of carbonyl (C=O) groups excluding carboxylic acids is 5. The summed E-state index contributed by atoms with van der Waals surface area (Å²) >= 11 is 0. The molecule has 2 aromatic rings. The standard InChI is InChI=1S/C23H31N7O7/c1-11(20(33)30-17(23(36)37)9-19(26)32)28-22(35)16(6-7-18(25)31)29-21(34)14(24)8-12-10-27-15-5-3-2-4-13(12)15/h2-5,10-11,14,16-17,27H,6-9,24H2,1H3,(H2,25,31)(H2,26,32)(H,28,35)(H,29,34)(H,30,33)(H,36,37). The van der Waals surface area contributed by atoms with Crippen molar-refractivity contribution in [2.75, 3.05) is 0 Å². The second kappa shape index (κ2) is 13.0. The maximum Gasteiger partial charge on any atom is 0.326 e. The Kier molecular flexibility index (Phi) is 10.1. The van der Waals surface area contributed by atoms with E-state index in [1.807, 2.05) is 24.3 Å². The van der Waals surface area contributed by atoms with Gasteiger partial charge in [0.1, 0.15) is 18.1 Å². The Balaban J connectivity index is 2.04. The Morgan fingerprint density at radius 1 is 0.919 bits per heavy atom. The van der Waals surface area contributed by atoms with Crippen molar-refractivity contribution in [3.63, 3.8) is 0 Å². The molecule has 0 saturated carbocycles. The van der Waals surface area contributed by atoms with Gasteiger partial charge in [0.25, 0.3) is 0 Å². The molecule has 0 aliphatic rings. The van der Waals surface area contributed by atoms with Crippen LogP contribution in [-0.4, -0.2) is 69.8 Å². The van der Waals surface area contributed by atoms with Gasteiger partial charge in [0.15, 0.2) is 0 Å². The fraction of sp³-hybridized carbons (Fsp3) is 0.391. The van der Waals surface area contributed by atoms with Gasteiger partial charge >= 0.3 is 5.97 Å². The number of amides is 5. The molecule has 1 heterocycles. The molecule has 0 aliphatic heterocycles. The third kappa shape index (κ3) is 8.61. The van der Waals surface area contributed by atoms with Crippen LogP contribution in [0.3, 0.4) is 0 Å². The molecule has 4 unspecified atom stereocenters. The summed E-state index contributed by atoms with van der Waals surface area (Å²) < 4.78 is 0. The van der Waals surface area contributed by atoms with Crippen molar-refractivity contribution in [3.05, 3.63) is 36.0 Å². The molecule has 4 atom stereocenters. The number of benzene rings is 1. The number of para-hydroxylation sites is 1. The summed E-state index contributed by atoms with van der Waals surface area (Å²) in [5, 5.41) is 16.9. The molecule has 14 heteroatoms. The van der Waals surface area contributed by atoms with Crippen molar-refractivity contribution in [2.24, 2.45) is 17.2 Å². The number of rotatable bonds is 14. The normalized spacial score (nSPS) is 14.1. The summed E-state index contributed by atoms with van der Waals surface area (Å²) in [6.45, 7) is 1.27. The van der Waals surface area contributed by atoms with Gasteiger partial charge in [-0.2, -0.15) is 0 Å². The predicted octanol–water partition coefficient (Wildman–Crippen LogP) is -2.26. The van der Waals surface area contributed by atoms with Gasteiger partial charge in [-0.3, -0.25) is 24.0 Å². The summed E-state index contributed by atoms with van der Waals surface area (Å²) in [5.74, 6) is -5.53. The zero-order chi connectivity index (χ0) is 27.7. The molecule has 2 rings (SSSR count). The fourth-order valence-electron chi connectivity index (χ4n) is 3.54. The second-order valence-electron chi connectivity index (χ2n) is 8.54. The van der Waals surface area contributed by atoms with Crippen molar-refractivity contribution < 1.29 is 33.9 Å². The van der Waals surface area contributed by atoms with Crippen LogP contribution in [0.2, 0.25) is 0 Å². The first-order valence-electron chi connectivity index (χ1n) is 11.4. The molecule has 0 aliphatic carbocycles. The number of hydrogen-bond donors (Lipinski definition) is 8. The molecule has 1 aromatic carbocycles. The lowest BCUT2D eigenvalue weighted by atomic mass is 10.0. The Morgan fingerprint density at radius 2 is 1.57 bits per heavy atom. The number of H-pyrrole nitrogens is 1. The molecule has 14 nitrogen and oxygen atoms in total. The van der Waals surface area contributed by atoms with E-state index in [1.54, 1.807) is 6.20 Å². The van der Waals surface area contributed by atoms with Gasteiger partial charge in [-0.1, -0.05) is 18.2 Å². The van der Waals surface area contributed by atoms with Gasteiger partial charge < -0.3 is 43.2 Å². The SMILES string of the molecule is CC(NC(=O)C(CCC(N)=O)NC(=O)C(N)Cc1c[nH]c2ccccc12)C(=O)NC(CC(N)=O)C(=O)O. The number of aromatic amines is 1. The number of hydrogen-bond acceptors (Lipinski definition) is 7. The minimum absolute atomic E-state index is 0.162. The zero-order valence-electron chi connectivity index (χ0n) is 20.2. The van der Waals surface area contributed by atoms with Crippen LogP contribution in [0.4, 0.5) is 0 Å². The Hall–Kier alpha value is -4.46. The highest BCUT2D eigenvalue weighted by Gasteiger charge is 2.29. The summed E-state index contributed by atoms with van der Waals surface area (Å²) in [4.78, 5) is 74.6. The third-order valence-corrected chi connectivity index (χ3v) is 5.54. The molecule has 37 heavy (non-hydrogen) atoms. The van der Waals surface area contributed by atoms with Crippen LogP contribution in [0.5, 0.6) is 0 Å². The molecule has 200 valence electrons. The molecule has 0 saturated heterocycles. The first-order valence-corrected chi connectivity index (χ1v) is 11.4. The predicted molar refractivity (Wildman–Crippen MR) is 131 cm³/mol. The molecule has 0 spiro atoms. The Bertz CT molecular complexity index is 1180. The number of nitrogens with two attached hydrogens (primary N) is 3. The van der Waals surface area contributed by atoms with Crippen molar-refractivity contribution in [1.82, 2.24) is 20.9 Å². The van der Waals surface area contributed by atoms with E-state index in [0.29, 0.717) is 0 Å². The maximum atomic E-state index is 12.8. The van der Waals surface area contributed by atoms with Crippen molar-refractivity contribution in [1.29, 1.82) is 0 Å². The Morgan fingerprint density at radius 3 is 2.19 bits per heavy atom. The summed E-state index contributed by atoms with van der Waals surface area (Å²) in [7, 11) is 0. The lowest BCUT2D eigenvalue weighted by Gasteiger charge is -2.23. The third-order valence-electron chi connectivity index (χ3n) is 5.54. The number of carbonyl (C=O) groups is 6. The van der Waals surface area contributed by atoms with Crippen LogP contribution < -0.4 is 33.2 Å². The monoisotopic (exact) mass is 517 g/mol. The van der Waals surface area contributed by atoms with Gasteiger partial charge in [0, 0.05) is 23.5 Å². The summed E-state index contributed by atoms with van der Waals surface area (Å²) in [5.41, 5.74) is 17.9. The molecule has 0 bridgehead atoms. The number of carboxylic acid groups (broad SMARTS) is 1. The van der Waals surface area contributed by atoms with E-state index in [-0.39, 0.29) is 19.3 Å². The van der Waals surface area contributed by atoms with Gasteiger partial charge in [-0.05, 0) is 31.4 Å². The lowest BCUT2D eigenvalue weighted by molar-refractivity contribution is -0.143. The molecule has 0 fully saturated rings. The van der Waals surface area contributed by atoms with Crippen LogP contribution in [0.1, 0.15) is 31.7 Å². The molecule has 11 N–H and O–H groups in total. The van der Waals surface area contributed by atoms with Crippen molar-refractivity contribution >= 4 is 46.4 Å². The largest absolute Gasteiger partial charge is 0.480 e. The number of aliphatic carboxylic acids is 1. The number of aromatic nitrogens is 1. The summed E-state index contributed by atoms with van der Waals surface area (Å²) in [6, 6.07) is 2.32. The van der Waals surface area contributed by atoms with Crippen LogP contribution >= 0.6 is 0 Å². The topological polar surface area (TPSA) is 253 Å². The first-order chi connectivity index (χ1) is 17.4. The average Bonchev–Trinajstić information content (AvgIpc) is 3.23. The second-order valence-corrected chi connectivity index (χ2v) is 8.54. The van der Waals surface area contributed by atoms with Crippen LogP contribution in [0.15, 0.2) is 30.5 Å². The highest BCUT2D eigenvalue weighted by atomic mass is 16.4. The van der Waals surface area contributed by atoms with Crippen LogP contribution in [0, 0.1) is 0 Å². The number of primary amides is 2. The van der Waals surface area contributed by atoms with E-state index < -0.39 is 66.1 Å². The van der Waals surface area contributed by atoms with Crippen LogP contribution in [-0.2, 0) is 35.2 Å².